The van der Waals surface area contributed by atoms with E-state index in [2.05, 4.69) is 48.4 Å². The van der Waals surface area contributed by atoms with Gasteiger partial charge in [-0.1, -0.05) is 41.6 Å². The fourth-order valence-electron chi connectivity index (χ4n) is 5.07. The highest BCUT2D eigenvalue weighted by Crippen LogP contribution is 2.34. The van der Waals surface area contributed by atoms with Gasteiger partial charge in [0.15, 0.2) is 0 Å². The number of hydrazine groups is 2. The van der Waals surface area contributed by atoms with E-state index in [1.54, 1.807) is 42.5 Å². The van der Waals surface area contributed by atoms with E-state index < -0.39 is 0 Å². The molecule has 1 fully saturated rings. The molecular weight excluding hydrogens is 511 g/mol. The quantitative estimate of drug-likeness (QED) is 0.323. The maximum atomic E-state index is 14.7. The van der Waals surface area contributed by atoms with Crippen LogP contribution >= 0.6 is 0 Å². The van der Waals surface area contributed by atoms with Crippen LogP contribution in [0.15, 0.2) is 77.6 Å². The number of likely N-dealkylation sites (tertiary alicyclic amines) is 1. The van der Waals surface area contributed by atoms with Gasteiger partial charge in [-0.15, -0.1) is 5.53 Å². The van der Waals surface area contributed by atoms with Gasteiger partial charge in [0.05, 0.1) is 11.4 Å². The number of aromatic nitrogens is 3. The molecule has 2 aliphatic heterocycles. The molecule has 204 valence electrons. The number of nitrogens with one attached hydrogen (secondary N) is 3. The van der Waals surface area contributed by atoms with Crippen molar-refractivity contribution in [3.63, 3.8) is 0 Å². The number of carbonyl (C=O) groups excluding carboxylic acids is 1. The van der Waals surface area contributed by atoms with Crippen molar-refractivity contribution < 1.29 is 13.7 Å². The summed E-state index contributed by atoms with van der Waals surface area (Å²) in [6, 6.07) is 18.5. The van der Waals surface area contributed by atoms with Crippen molar-refractivity contribution in [1.29, 1.82) is 0 Å². The van der Waals surface area contributed by atoms with Crippen LogP contribution in [0.25, 0.3) is 22.8 Å². The van der Waals surface area contributed by atoms with Gasteiger partial charge in [0.1, 0.15) is 11.5 Å². The van der Waals surface area contributed by atoms with E-state index in [1.807, 2.05) is 24.3 Å². The Balaban J connectivity index is 1.21. The van der Waals surface area contributed by atoms with Gasteiger partial charge in [0, 0.05) is 56.1 Å². The van der Waals surface area contributed by atoms with Gasteiger partial charge in [0.2, 0.25) is 11.7 Å². The number of anilines is 1. The Hall–Kier alpha value is -4.61. The normalized spacial score (nSPS) is 16.3. The van der Waals surface area contributed by atoms with E-state index in [-0.39, 0.29) is 23.7 Å². The van der Waals surface area contributed by atoms with Gasteiger partial charge in [-0.2, -0.15) is 4.98 Å². The highest BCUT2D eigenvalue weighted by atomic mass is 19.1. The molecule has 0 bridgehead atoms. The van der Waals surface area contributed by atoms with Crippen LogP contribution in [0.4, 0.5) is 10.1 Å². The minimum atomic E-state index is -0.381. The molecule has 0 spiro atoms. The third-order valence-electron chi connectivity index (χ3n) is 7.05. The Bertz CT molecular complexity index is 1510. The van der Waals surface area contributed by atoms with Crippen LogP contribution in [0.2, 0.25) is 0 Å². The number of carbonyl (C=O) groups is 1. The number of rotatable bonds is 7. The molecule has 10 nitrogen and oxygen atoms in total. The average molecular weight is 541 g/mol. The predicted molar refractivity (Wildman–Crippen MR) is 148 cm³/mol. The van der Waals surface area contributed by atoms with E-state index in [1.165, 1.54) is 11.6 Å². The molecule has 0 unspecified atom stereocenters. The predicted octanol–water partition coefficient (Wildman–Crippen LogP) is 3.73. The summed E-state index contributed by atoms with van der Waals surface area (Å²) in [6.45, 7) is 4.30. The summed E-state index contributed by atoms with van der Waals surface area (Å²) in [7, 11) is 0. The van der Waals surface area contributed by atoms with Gasteiger partial charge >= 0.3 is 0 Å². The molecule has 2 aromatic heterocycles. The number of para-hydroxylation sites is 1. The number of halogens is 1. The number of pyridine rings is 1. The van der Waals surface area contributed by atoms with Gasteiger partial charge < -0.3 is 9.84 Å². The van der Waals surface area contributed by atoms with Crippen LogP contribution < -0.4 is 21.3 Å². The molecule has 2 aromatic carbocycles. The Labute approximate surface area is 230 Å². The van der Waals surface area contributed by atoms with Crippen molar-refractivity contribution >= 4 is 23.0 Å². The highest BCUT2D eigenvalue weighted by molar-refractivity contribution is 5.96. The third-order valence-corrected chi connectivity index (χ3v) is 7.05. The topological polar surface area (TPSA) is 111 Å². The molecule has 1 saturated heterocycles. The van der Waals surface area contributed by atoms with E-state index in [0.29, 0.717) is 22.9 Å². The maximum absolute atomic E-state index is 14.7. The van der Waals surface area contributed by atoms with Crippen molar-refractivity contribution in [1.82, 2.24) is 36.3 Å². The maximum Gasteiger partial charge on any atom is 0.277 e. The Morgan fingerprint density at radius 2 is 1.80 bits per heavy atom. The first-order valence-corrected chi connectivity index (χ1v) is 13.2. The van der Waals surface area contributed by atoms with Crippen LogP contribution in [0.1, 0.15) is 36.8 Å². The van der Waals surface area contributed by atoms with Gasteiger partial charge in [-0.25, -0.2) is 4.39 Å². The highest BCUT2D eigenvalue weighted by Gasteiger charge is 2.31. The molecule has 4 heterocycles. The van der Waals surface area contributed by atoms with Gasteiger partial charge in [-0.3, -0.25) is 25.1 Å². The van der Waals surface area contributed by atoms with Crippen LogP contribution in [0, 0.1) is 5.82 Å². The fourth-order valence-corrected chi connectivity index (χ4v) is 5.07. The summed E-state index contributed by atoms with van der Waals surface area (Å²) in [5, 5.41) is 8.84. The summed E-state index contributed by atoms with van der Waals surface area (Å²) in [5.41, 5.74) is 10.4. The monoisotopic (exact) mass is 540 g/mol. The van der Waals surface area contributed by atoms with Crippen molar-refractivity contribution in [3.05, 3.63) is 95.9 Å². The van der Waals surface area contributed by atoms with Gasteiger partial charge in [-0.05, 0) is 42.7 Å². The lowest BCUT2D eigenvalue weighted by atomic mass is 10.0. The van der Waals surface area contributed by atoms with Crippen molar-refractivity contribution in [2.24, 2.45) is 0 Å². The molecule has 3 N–H and O–H groups in total. The molecule has 1 amide bonds. The number of hydrogen-bond donors (Lipinski definition) is 3. The second-order valence-electron chi connectivity index (χ2n) is 9.85. The molecule has 0 atom stereocenters. The molecule has 0 aliphatic carbocycles. The summed E-state index contributed by atoms with van der Waals surface area (Å²) >= 11 is 0. The lowest BCUT2D eigenvalue weighted by Gasteiger charge is -2.32. The zero-order chi connectivity index (χ0) is 27.5. The molecule has 0 radical (unpaired) electrons. The van der Waals surface area contributed by atoms with E-state index in [0.717, 1.165) is 43.6 Å². The third kappa shape index (κ3) is 5.42. The molecule has 0 saturated carbocycles. The van der Waals surface area contributed by atoms with Gasteiger partial charge in [0.25, 0.3) is 5.89 Å². The second-order valence-corrected chi connectivity index (χ2v) is 9.85. The summed E-state index contributed by atoms with van der Waals surface area (Å²) < 4.78 is 20.4. The first kappa shape index (κ1) is 25.7. The van der Waals surface area contributed by atoms with E-state index in [9.17, 15) is 9.18 Å². The standard InChI is InChI=1S/C29H29FN8O2/c1-19(39)32-23-12-16-37(17-13-23)18-20-6-8-22(9-7-20)28-33-29(40-35-28)26-27(21-10-14-31-15-11-21)38(36-34-26)25-5-3-2-4-24(25)30/h2-11,14-15,23,34,36H,12-13,16-18H2,1H3,(H,32,39). The van der Waals surface area contributed by atoms with E-state index in [4.69, 9.17) is 4.52 Å². The average Bonchev–Trinajstić information content (AvgIpc) is 3.63. The zero-order valence-electron chi connectivity index (χ0n) is 22.0. The molecule has 40 heavy (non-hydrogen) atoms. The smallest absolute Gasteiger partial charge is 0.277 e. The Morgan fingerprint density at radius 1 is 1.05 bits per heavy atom. The number of benzene rings is 2. The SMILES string of the molecule is CC(=O)NC1CCN(Cc2ccc(-c3noc(C4=C(c5ccncc5)N(c5ccccc5F)NN4)n3)cc2)CC1. The molecule has 2 aliphatic rings. The Kier molecular flexibility index (Phi) is 7.21. The minimum Gasteiger partial charge on any atom is -0.354 e. The summed E-state index contributed by atoms with van der Waals surface area (Å²) in [5.74, 6) is 0.364. The van der Waals surface area contributed by atoms with E-state index >= 15 is 0 Å². The second kappa shape index (κ2) is 11.2. The molecule has 6 rings (SSSR count). The zero-order valence-corrected chi connectivity index (χ0v) is 22.0. The fraction of sp³-hybridized carbons (Fsp3) is 0.241. The molecule has 4 aromatic rings. The van der Waals surface area contributed by atoms with Crippen molar-refractivity contribution in [3.8, 4) is 11.4 Å². The van der Waals surface area contributed by atoms with Crippen LogP contribution in [0.5, 0.6) is 0 Å². The lowest BCUT2D eigenvalue weighted by molar-refractivity contribution is -0.119. The minimum absolute atomic E-state index is 0.0333. The number of piperidine rings is 1. The first-order chi connectivity index (χ1) is 19.5. The number of nitrogens with zero attached hydrogens (tertiary/aromatic N) is 5. The molecule has 11 heteroatoms. The van der Waals surface area contributed by atoms with Crippen LogP contribution in [-0.2, 0) is 11.3 Å². The molecular formula is C29H29FN8O2. The first-order valence-electron chi connectivity index (χ1n) is 13.2. The Morgan fingerprint density at radius 3 is 2.52 bits per heavy atom. The largest absolute Gasteiger partial charge is 0.354 e. The number of hydrogen-bond acceptors (Lipinski definition) is 9. The van der Waals surface area contributed by atoms with Crippen molar-refractivity contribution in [2.75, 3.05) is 18.1 Å². The van der Waals surface area contributed by atoms with Crippen LogP contribution in [0.3, 0.4) is 0 Å². The summed E-state index contributed by atoms with van der Waals surface area (Å²) in [6.07, 6.45) is 5.25. The number of amides is 1. The van der Waals surface area contributed by atoms with Crippen molar-refractivity contribution in [2.45, 2.75) is 32.4 Å². The van der Waals surface area contributed by atoms with Crippen LogP contribution in [-0.4, -0.2) is 45.1 Å². The lowest BCUT2D eigenvalue weighted by Crippen LogP contribution is -2.43. The summed E-state index contributed by atoms with van der Waals surface area (Å²) in [4.78, 5) is 22.5.